The van der Waals surface area contributed by atoms with Crippen LogP contribution in [0, 0.1) is 5.92 Å². The second kappa shape index (κ2) is 6.12. The molecule has 0 heterocycles. The van der Waals surface area contributed by atoms with Crippen LogP contribution in [0.1, 0.15) is 17.3 Å². The van der Waals surface area contributed by atoms with E-state index >= 15 is 0 Å². The maximum atomic E-state index is 10.9. The standard InChI is InChI=1S/C12H19N3O/c1-9(7-14-2)8-15-11-5-3-10(4-6-11)12(13)16/h3-6,9,14-15H,7-8H2,1-2H3,(H2,13,16). The fourth-order valence-electron chi connectivity index (χ4n) is 1.47. The normalized spacial score (nSPS) is 12.1. The number of hydrogen-bond acceptors (Lipinski definition) is 3. The molecule has 88 valence electrons. The molecule has 1 unspecified atom stereocenters. The lowest BCUT2D eigenvalue weighted by molar-refractivity contribution is 0.100. The van der Waals surface area contributed by atoms with E-state index in [2.05, 4.69) is 17.6 Å². The summed E-state index contributed by atoms with van der Waals surface area (Å²) in [6.07, 6.45) is 0. The highest BCUT2D eigenvalue weighted by molar-refractivity contribution is 5.93. The number of amides is 1. The van der Waals surface area contributed by atoms with Gasteiger partial charge in [0.1, 0.15) is 0 Å². The van der Waals surface area contributed by atoms with E-state index in [4.69, 9.17) is 5.73 Å². The van der Waals surface area contributed by atoms with Crippen LogP contribution in [0.5, 0.6) is 0 Å². The van der Waals surface area contributed by atoms with Crippen LogP contribution >= 0.6 is 0 Å². The molecule has 1 aromatic carbocycles. The molecule has 0 fully saturated rings. The average molecular weight is 221 g/mol. The minimum Gasteiger partial charge on any atom is -0.385 e. The van der Waals surface area contributed by atoms with E-state index in [-0.39, 0.29) is 0 Å². The Hall–Kier alpha value is -1.55. The number of nitrogens with two attached hydrogens (primary N) is 1. The number of benzene rings is 1. The summed E-state index contributed by atoms with van der Waals surface area (Å²) in [4.78, 5) is 10.9. The highest BCUT2D eigenvalue weighted by atomic mass is 16.1. The number of nitrogens with one attached hydrogen (secondary N) is 2. The van der Waals surface area contributed by atoms with Gasteiger partial charge in [-0.25, -0.2) is 0 Å². The molecule has 1 aromatic rings. The van der Waals surface area contributed by atoms with Crippen molar-refractivity contribution in [3.8, 4) is 0 Å². The Morgan fingerprint density at radius 2 is 1.94 bits per heavy atom. The first-order valence-corrected chi connectivity index (χ1v) is 5.42. The molecule has 0 saturated heterocycles. The lowest BCUT2D eigenvalue weighted by Crippen LogP contribution is -2.22. The Morgan fingerprint density at radius 1 is 1.31 bits per heavy atom. The van der Waals surface area contributed by atoms with Crippen molar-refractivity contribution >= 4 is 11.6 Å². The van der Waals surface area contributed by atoms with E-state index in [1.807, 2.05) is 19.2 Å². The fourth-order valence-corrected chi connectivity index (χ4v) is 1.47. The summed E-state index contributed by atoms with van der Waals surface area (Å²) in [7, 11) is 1.94. The van der Waals surface area contributed by atoms with Gasteiger partial charge in [0.25, 0.3) is 0 Å². The van der Waals surface area contributed by atoms with Gasteiger partial charge in [-0.05, 0) is 43.8 Å². The molecule has 4 N–H and O–H groups in total. The fraction of sp³-hybridized carbons (Fsp3) is 0.417. The minimum absolute atomic E-state index is 0.393. The van der Waals surface area contributed by atoms with Gasteiger partial charge in [-0.15, -0.1) is 0 Å². The van der Waals surface area contributed by atoms with Crippen molar-refractivity contribution in [2.45, 2.75) is 6.92 Å². The second-order valence-corrected chi connectivity index (χ2v) is 3.99. The molecule has 4 heteroatoms. The van der Waals surface area contributed by atoms with Gasteiger partial charge in [0, 0.05) is 17.8 Å². The summed E-state index contributed by atoms with van der Waals surface area (Å²) >= 11 is 0. The molecule has 0 aliphatic rings. The van der Waals surface area contributed by atoms with Crippen molar-refractivity contribution in [1.82, 2.24) is 5.32 Å². The summed E-state index contributed by atoms with van der Waals surface area (Å²) in [6, 6.07) is 7.19. The highest BCUT2D eigenvalue weighted by Crippen LogP contribution is 2.09. The number of anilines is 1. The van der Waals surface area contributed by atoms with E-state index < -0.39 is 5.91 Å². The Morgan fingerprint density at radius 3 is 2.44 bits per heavy atom. The number of rotatable bonds is 6. The largest absolute Gasteiger partial charge is 0.385 e. The van der Waals surface area contributed by atoms with Crippen LogP contribution in [-0.2, 0) is 0 Å². The maximum absolute atomic E-state index is 10.9. The summed E-state index contributed by atoms with van der Waals surface area (Å²) in [5, 5.41) is 6.43. The van der Waals surface area contributed by atoms with Crippen molar-refractivity contribution in [3.63, 3.8) is 0 Å². The smallest absolute Gasteiger partial charge is 0.248 e. The molecule has 0 aliphatic heterocycles. The van der Waals surface area contributed by atoms with Gasteiger partial charge in [0.05, 0.1) is 0 Å². The van der Waals surface area contributed by atoms with Crippen molar-refractivity contribution in [2.24, 2.45) is 11.7 Å². The zero-order valence-corrected chi connectivity index (χ0v) is 9.79. The van der Waals surface area contributed by atoms with E-state index in [1.54, 1.807) is 12.1 Å². The van der Waals surface area contributed by atoms with Crippen LogP contribution in [0.2, 0.25) is 0 Å². The molecule has 4 nitrogen and oxygen atoms in total. The molecule has 16 heavy (non-hydrogen) atoms. The molecule has 0 saturated carbocycles. The minimum atomic E-state index is -0.393. The molecule has 1 atom stereocenters. The SMILES string of the molecule is CNCC(C)CNc1ccc(C(N)=O)cc1. The zero-order chi connectivity index (χ0) is 12.0. The summed E-state index contributed by atoms with van der Waals surface area (Å²) < 4.78 is 0. The van der Waals surface area contributed by atoms with Gasteiger partial charge >= 0.3 is 0 Å². The summed E-state index contributed by atoms with van der Waals surface area (Å²) in [6.45, 7) is 4.05. The molecule has 1 rings (SSSR count). The predicted molar refractivity (Wildman–Crippen MR) is 66.5 cm³/mol. The Kier molecular flexibility index (Phi) is 4.79. The van der Waals surface area contributed by atoms with E-state index in [9.17, 15) is 4.79 Å². The zero-order valence-electron chi connectivity index (χ0n) is 9.79. The highest BCUT2D eigenvalue weighted by Gasteiger charge is 2.01. The molecule has 0 spiro atoms. The van der Waals surface area contributed by atoms with Crippen LogP contribution in [-0.4, -0.2) is 26.0 Å². The van der Waals surface area contributed by atoms with Gasteiger partial charge in [-0.2, -0.15) is 0 Å². The van der Waals surface area contributed by atoms with Crippen LogP contribution in [0.3, 0.4) is 0 Å². The molecular formula is C12H19N3O. The van der Waals surface area contributed by atoms with Crippen molar-refractivity contribution in [3.05, 3.63) is 29.8 Å². The first-order valence-electron chi connectivity index (χ1n) is 5.42. The summed E-state index contributed by atoms with van der Waals surface area (Å²) in [5.74, 6) is 0.163. The van der Waals surface area contributed by atoms with E-state index in [0.29, 0.717) is 11.5 Å². The number of carbonyl (C=O) groups is 1. The Labute approximate surface area is 96.2 Å². The number of carbonyl (C=O) groups excluding carboxylic acids is 1. The van der Waals surface area contributed by atoms with Crippen molar-refractivity contribution in [2.75, 3.05) is 25.5 Å². The number of primary amides is 1. The monoisotopic (exact) mass is 221 g/mol. The van der Waals surface area contributed by atoms with Gasteiger partial charge < -0.3 is 16.4 Å². The van der Waals surface area contributed by atoms with Crippen molar-refractivity contribution in [1.29, 1.82) is 0 Å². The molecule has 0 radical (unpaired) electrons. The topological polar surface area (TPSA) is 67.2 Å². The van der Waals surface area contributed by atoms with Gasteiger partial charge in [-0.3, -0.25) is 4.79 Å². The van der Waals surface area contributed by atoms with Gasteiger partial charge in [-0.1, -0.05) is 6.92 Å². The quantitative estimate of drug-likeness (QED) is 0.672. The maximum Gasteiger partial charge on any atom is 0.248 e. The van der Waals surface area contributed by atoms with Crippen LogP contribution in [0.25, 0.3) is 0 Å². The number of hydrogen-bond donors (Lipinski definition) is 3. The summed E-state index contributed by atoms with van der Waals surface area (Å²) in [5.41, 5.74) is 6.70. The molecule has 0 aromatic heterocycles. The predicted octanol–water partition coefficient (Wildman–Crippen LogP) is 1.05. The third kappa shape index (κ3) is 3.90. The van der Waals surface area contributed by atoms with Gasteiger partial charge in [0.15, 0.2) is 0 Å². The lowest BCUT2D eigenvalue weighted by Gasteiger charge is -2.13. The van der Waals surface area contributed by atoms with Crippen LogP contribution in [0.4, 0.5) is 5.69 Å². The Balaban J connectivity index is 2.46. The molecule has 0 bridgehead atoms. The van der Waals surface area contributed by atoms with E-state index in [0.717, 1.165) is 18.8 Å². The third-order valence-electron chi connectivity index (χ3n) is 2.38. The second-order valence-electron chi connectivity index (χ2n) is 3.99. The molecular weight excluding hydrogens is 202 g/mol. The lowest BCUT2D eigenvalue weighted by atomic mass is 10.1. The van der Waals surface area contributed by atoms with Crippen LogP contribution < -0.4 is 16.4 Å². The van der Waals surface area contributed by atoms with Crippen LogP contribution in [0.15, 0.2) is 24.3 Å². The Bertz CT molecular complexity index is 335. The molecule has 1 amide bonds. The first-order chi connectivity index (χ1) is 7.63. The van der Waals surface area contributed by atoms with Gasteiger partial charge in [0.2, 0.25) is 5.91 Å². The first kappa shape index (κ1) is 12.5. The van der Waals surface area contributed by atoms with Crippen molar-refractivity contribution < 1.29 is 4.79 Å². The third-order valence-corrected chi connectivity index (χ3v) is 2.38. The van der Waals surface area contributed by atoms with E-state index in [1.165, 1.54) is 0 Å². The average Bonchev–Trinajstić information content (AvgIpc) is 2.27. The molecule has 0 aliphatic carbocycles.